The Morgan fingerprint density at radius 2 is 2.56 bits per heavy atom. The lowest BCUT2D eigenvalue weighted by Gasteiger charge is -1.75. The molecule has 1 aromatic heterocycles. The van der Waals surface area contributed by atoms with E-state index in [0.29, 0.717) is 5.76 Å². The zero-order valence-corrected chi connectivity index (χ0v) is 4.65. The van der Waals surface area contributed by atoms with Gasteiger partial charge in [0.2, 0.25) is 0 Å². The van der Waals surface area contributed by atoms with Gasteiger partial charge < -0.3 is 4.42 Å². The molecule has 1 rings (SSSR count). The molecule has 0 radical (unpaired) electrons. The smallest absolute Gasteiger partial charge is 0.128 e. The van der Waals surface area contributed by atoms with Crippen molar-refractivity contribution in [3.63, 3.8) is 0 Å². The van der Waals surface area contributed by atoms with Gasteiger partial charge in [0.25, 0.3) is 0 Å². The standard InChI is InChI=1S/C6H5NO2/c8-7-4-3-6-2-1-5-9-6/h1-5H/b4-3+. The Hall–Kier alpha value is -1.38. The first-order chi connectivity index (χ1) is 4.43. The summed E-state index contributed by atoms with van der Waals surface area (Å²) in [4.78, 5) is 9.52. The van der Waals surface area contributed by atoms with Crippen molar-refractivity contribution in [3.8, 4) is 0 Å². The van der Waals surface area contributed by atoms with Gasteiger partial charge in [0, 0.05) is 6.08 Å². The number of rotatable bonds is 2. The Bertz CT molecular complexity index is 201. The summed E-state index contributed by atoms with van der Waals surface area (Å²) in [5.74, 6) is 0.634. The molecule has 0 unspecified atom stereocenters. The minimum absolute atomic E-state index is 0.634. The van der Waals surface area contributed by atoms with Crippen LogP contribution in [0.4, 0.5) is 0 Å². The van der Waals surface area contributed by atoms with Crippen molar-refractivity contribution in [1.29, 1.82) is 0 Å². The number of hydrogen-bond acceptors (Lipinski definition) is 3. The van der Waals surface area contributed by atoms with Gasteiger partial charge in [-0.05, 0) is 17.3 Å². The fourth-order valence-electron chi connectivity index (χ4n) is 0.490. The average molecular weight is 123 g/mol. The van der Waals surface area contributed by atoms with Crippen molar-refractivity contribution in [3.05, 3.63) is 35.3 Å². The van der Waals surface area contributed by atoms with Gasteiger partial charge in [0.05, 0.1) is 12.5 Å². The van der Waals surface area contributed by atoms with Gasteiger partial charge in [-0.2, -0.15) is 0 Å². The van der Waals surface area contributed by atoms with E-state index in [1.165, 1.54) is 12.3 Å². The molecule has 0 saturated carbocycles. The highest BCUT2D eigenvalue weighted by Crippen LogP contribution is 2.01. The molecule has 0 saturated heterocycles. The fraction of sp³-hybridized carbons (Fsp3) is 0. The highest BCUT2D eigenvalue weighted by Gasteiger charge is 1.83. The van der Waals surface area contributed by atoms with Crippen LogP contribution in [-0.2, 0) is 0 Å². The minimum atomic E-state index is 0.634. The maximum Gasteiger partial charge on any atom is 0.128 e. The van der Waals surface area contributed by atoms with Crippen LogP contribution >= 0.6 is 0 Å². The van der Waals surface area contributed by atoms with Gasteiger partial charge in [-0.25, -0.2) is 0 Å². The normalized spacial score (nSPS) is 10.2. The van der Waals surface area contributed by atoms with Crippen molar-refractivity contribution in [2.75, 3.05) is 0 Å². The molecule has 0 aliphatic heterocycles. The Morgan fingerprint density at radius 1 is 1.67 bits per heavy atom. The van der Waals surface area contributed by atoms with E-state index in [0.717, 1.165) is 6.20 Å². The highest BCUT2D eigenvalue weighted by molar-refractivity contribution is 5.41. The van der Waals surface area contributed by atoms with Crippen LogP contribution in [0.5, 0.6) is 0 Å². The number of furan rings is 1. The molecular weight excluding hydrogens is 118 g/mol. The Kier molecular flexibility index (Phi) is 1.80. The highest BCUT2D eigenvalue weighted by atomic mass is 16.3. The molecule has 0 amide bonds. The van der Waals surface area contributed by atoms with Crippen LogP contribution in [0.15, 0.2) is 34.2 Å². The van der Waals surface area contributed by atoms with Gasteiger partial charge in [-0.3, -0.25) is 0 Å². The molecule has 3 heteroatoms. The largest absolute Gasteiger partial charge is 0.465 e. The molecule has 0 atom stereocenters. The molecule has 0 aliphatic carbocycles. The van der Waals surface area contributed by atoms with Crippen molar-refractivity contribution in [2.24, 2.45) is 5.18 Å². The number of nitroso groups, excluding NO2 is 1. The van der Waals surface area contributed by atoms with Crippen LogP contribution in [0.1, 0.15) is 5.76 Å². The van der Waals surface area contributed by atoms with Gasteiger partial charge in [-0.1, -0.05) is 0 Å². The molecule has 0 aliphatic rings. The predicted octanol–water partition coefficient (Wildman–Crippen LogP) is 2.02. The first-order valence-electron chi connectivity index (χ1n) is 2.46. The third-order valence-electron chi connectivity index (χ3n) is 0.843. The lowest BCUT2D eigenvalue weighted by atomic mass is 10.4. The monoisotopic (exact) mass is 123 g/mol. The number of nitrogens with zero attached hydrogens (tertiary/aromatic N) is 1. The van der Waals surface area contributed by atoms with Gasteiger partial charge in [0.1, 0.15) is 5.76 Å². The summed E-state index contributed by atoms with van der Waals surface area (Å²) in [7, 11) is 0. The summed E-state index contributed by atoms with van der Waals surface area (Å²) in [6.45, 7) is 0. The van der Waals surface area contributed by atoms with Crippen molar-refractivity contribution < 1.29 is 4.42 Å². The topological polar surface area (TPSA) is 42.6 Å². The summed E-state index contributed by atoms with van der Waals surface area (Å²) in [6.07, 6.45) is 4.16. The first-order valence-corrected chi connectivity index (χ1v) is 2.46. The zero-order valence-electron chi connectivity index (χ0n) is 4.65. The van der Waals surface area contributed by atoms with Crippen LogP contribution in [0, 0.1) is 4.91 Å². The van der Waals surface area contributed by atoms with Crippen LogP contribution in [0.25, 0.3) is 6.08 Å². The molecule has 0 aromatic carbocycles. The molecule has 3 nitrogen and oxygen atoms in total. The van der Waals surface area contributed by atoms with Crippen LogP contribution in [0.3, 0.4) is 0 Å². The third kappa shape index (κ3) is 1.53. The summed E-state index contributed by atoms with van der Waals surface area (Å²) >= 11 is 0. The Labute approximate surface area is 52.0 Å². The Morgan fingerprint density at radius 3 is 3.11 bits per heavy atom. The lowest BCUT2D eigenvalue weighted by molar-refractivity contribution is 0.557. The van der Waals surface area contributed by atoms with Gasteiger partial charge in [-0.15, -0.1) is 4.91 Å². The zero-order chi connectivity index (χ0) is 6.53. The quantitative estimate of drug-likeness (QED) is 0.564. The van der Waals surface area contributed by atoms with Gasteiger partial charge >= 0.3 is 0 Å². The van der Waals surface area contributed by atoms with Crippen molar-refractivity contribution in [2.45, 2.75) is 0 Å². The average Bonchev–Trinajstić information content (AvgIpc) is 2.34. The predicted molar refractivity (Wildman–Crippen MR) is 33.5 cm³/mol. The molecule has 0 bridgehead atoms. The molecule has 46 valence electrons. The maximum atomic E-state index is 9.52. The number of hydrogen-bond donors (Lipinski definition) is 0. The van der Waals surface area contributed by atoms with E-state index in [4.69, 9.17) is 4.42 Å². The van der Waals surface area contributed by atoms with E-state index < -0.39 is 0 Å². The SMILES string of the molecule is O=N/C=C/c1ccco1. The van der Waals surface area contributed by atoms with E-state index in [9.17, 15) is 4.91 Å². The maximum absolute atomic E-state index is 9.52. The first kappa shape index (κ1) is 5.75. The molecule has 0 N–H and O–H groups in total. The van der Waals surface area contributed by atoms with Crippen LogP contribution in [-0.4, -0.2) is 0 Å². The minimum Gasteiger partial charge on any atom is -0.465 e. The Balaban J connectivity index is 2.67. The molecular formula is C6H5NO2. The van der Waals surface area contributed by atoms with E-state index >= 15 is 0 Å². The molecule has 0 spiro atoms. The molecule has 1 heterocycles. The van der Waals surface area contributed by atoms with Crippen molar-refractivity contribution in [1.82, 2.24) is 0 Å². The van der Waals surface area contributed by atoms with E-state index in [1.807, 2.05) is 0 Å². The second-order valence-electron chi connectivity index (χ2n) is 1.44. The molecule has 1 aromatic rings. The second-order valence-corrected chi connectivity index (χ2v) is 1.44. The van der Waals surface area contributed by atoms with Crippen molar-refractivity contribution >= 4 is 6.08 Å². The van der Waals surface area contributed by atoms with E-state index in [-0.39, 0.29) is 0 Å². The van der Waals surface area contributed by atoms with Crippen LogP contribution < -0.4 is 0 Å². The second kappa shape index (κ2) is 2.81. The summed E-state index contributed by atoms with van der Waals surface area (Å²) in [6, 6.07) is 3.48. The van der Waals surface area contributed by atoms with Gasteiger partial charge in [0.15, 0.2) is 0 Å². The molecule has 0 fully saturated rings. The van der Waals surface area contributed by atoms with E-state index in [1.54, 1.807) is 12.1 Å². The summed E-state index contributed by atoms with van der Waals surface area (Å²) < 4.78 is 4.85. The fourth-order valence-corrected chi connectivity index (χ4v) is 0.490. The molecule has 9 heavy (non-hydrogen) atoms. The third-order valence-corrected chi connectivity index (χ3v) is 0.843. The summed E-state index contributed by atoms with van der Waals surface area (Å²) in [5.41, 5.74) is 0. The summed E-state index contributed by atoms with van der Waals surface area (Å²) in [5, 5.41) is 2.52. The lowest BCUT2D eigenvalue weighted by Crippen LogP contribution is -1.55. The van der Waals surface area contributed by atoms with Crippen LogP contribution in [0.2, 0.25) is 0 Å². The van der Waals surface area contributed by atoms with E-state index in [2.05, 4.69) is 5.18 Å².